The molecule has 1 fully saturated rings. The van der Waals surface area contributed by atoms with Crippen LogP contribution in [0.15, 0.2) is 30.9 Å². The number of fused-ring (bicyclic) bond motifs is 2. The molecule has 4 aromatic heterocycles. The molecule has 0 saturated heterocycles. The molecule has 0 amide bonds. The second-order valence-electron chi connectivity index (χ2n) is 6.67. The first-order valence-corrected chi connectivity index (χ1v) is 8.55. The molecule has 1 saturated carbocycles. The van der Waals surface area contributed by atoms with Crippen LogP contribution >= 0.6 is 0 Å². The molecule has 0 aliphatic heterocycles. The number of pyridine rings is 1. The van der Waals surface area contributed by atoms with Crippen LogP contribution in [-0.4, -0.2) is 47.5 Å². The fourth-order valence-electron chi connectivity index (χ4n) is 3.78. The van der Waals surface area contributed by atoms with Crippen LogP contribution in [0.2, 0.25) is 0 Å². The van der Waals surface area contributed by atoms with Crippen molar-refractivity contribution in [1.29, 1.82) is 0 Å². The van der Waals surface area contributed by atoms with Crippen LogP contribution in [0.5, 0.6) is 5.88 Å². The summed E-state index contributed by atoms with van der Waals surface area (Å²) in [5.41, 5.74) is 4.41. The van der Waals surface area contributed by atoms with E-state index in [0.717, 1.165) is 46.5 Å². The van der Waals surface area contributed by atoms with Crippen LogP contribution in [0.4, 0.5) is 0 Å². The number of methoxy groups -OCH3 is 1. The van der Waals surface area contributed by atoms with Crippen molar-refractivity contribution in [1.82, 2.24) is 29.1 Å². The molecule has 0 bridgehead atoms. The maximum atomic E-state index is 9.68. The van der Waals surface area contributed by atoms with E-state index in [1.54, 1.807) is 11.6 Å². The van der Waals surface area contributed by atoms with Crippen molar-refractivity contribution in [2.45, 2.75) is 31.9 Å². The van der Waals surface area contributed by atoms with Crippen LogP contribution in [0.3, 0.4) is 0 Å². The Balaban J connectivity index is 1.70. The average Bonchev–Trinajstić information content (AvgIpc) is 3.18. The fourth-order valence-corrected chi connectivity index (χ4v) is 3.78. The monoisotopic (exact) mass is 350 g/mol. The minimum Gasteiger partial charge on any atom is -0.479 e. The van der Waals surface area contributed by atoms with Gasteiger partial charge in [0.05, 0.1) is 18.7 Å². The van der Waals surface area contributed by atoms with E-state index in [0.29, 0.717) is 5.88 Å². The smallest absolute Gasteiger partial charge is 0.241 e. The molecule has 8 nitrogen and oxygen atoms in total. The number of aromatic nitrogens is 6. The predicted octanol–water partition coefficient (Wildman–Crippen LogP) is 2.15. The number of hydrogen-bond donors (Lipinski definition) is 1. The summed E-state index contributed by atoms with van der Waals surface area (Å²) in [4.78, 5) is 13.3. The van der Waals surface area contributed by atoms with E-state index < -0.39 is 0 Å². The van der Waals surface area contributed by atoms with E-state index in [1.165, 1.54) is 6.33 Å². The normalized spacial score (nSPS) is 19.8. The van der Waals surface area contributed by atoms with Crippen LogP contribution < -0.4 is 4.74 Å². The second-order valence-corrected chi connectivity index (χ2v) is 6.67. The second kappa shape index (κ2) is 5.50. The summed E-state index contributed by atoms with van der Waals surface area (Å²) in [6.07, 6.45) is 6.46. The molecular formula is C18H18N6O2. The number of imidazole rings is 1. The molecule has 1 aliphatic carbocycles. The summed E-state index contributed by atoms with van der Waals surface area (Å²) < 4.78 is 9.33. The lowest BCUT2D eigenvalue weighted by Gasteiger charge is -2.33. The molecule has 4 heterocycles. The summed E-state index contributed by atoms with van der Waals surface area (Å²) in [7, 11) is 1.60. The van der Waals surface area contributed by atoms with Crippen molar-refractivity contribution < 1.29 is 9.84 Å². The van der Waals surface area contributed by atoms with Crippen LogP contribution in [-0.2, 0) is 0 Å². The highest BCUT2D eigenvalue weighted by Crippen LogP contribution is 2.37. The molecule has 0 spiro atoms. The third-order valence-corrected chi connectivity index (χ3v) is 5.10. The SMILES string of the molecule is COc1ncnn2ccc(-c3cnc4nc(C)n(C5CC(O)C5)c4c3)c12. The van der Waals surface area contributed by atoms with E-state index >= 15 is 0 Å². The van der Waals surface area contributed by atoms with Gasteiger partial charge in [0.1, 0.15) is 17.7 Å². The van der Waals surface area contributed by atoms with Gasteiger partial charge >= 0.3 is 0 Å². The molecule has 132 valence electrons. The largest absolute Gasteiger partial charge is 0.479 e. The van der Waals surface area contributed by atoms with Gasteiger partial charge in [0, 0.05) is 29.6 Å². The number of aliphatic hydroxyl groups excluding tert-OH is 1. The molecule has 8 heteroatoms. The van der Waals surface area contributed by atoms with Crippen molar-refractivity contribution in [3.63, 3.8) is 0 Å². The molecule has 0 radical (unpaired) electrons. The lowest BCUT2D eigenvalue weighted by atomic mass is 9.89. The first-order valence-electron chi connectivity index (χ1n) is 8.55. The third kappa shape index (κ3) is 2.12. The molecule has 4 aromatic rings. The lowest BCUT2D eigenvalue weighted by molar-refractivity contribution is 0.0494. The van der Waals surface area contributed by atoms with Crippen LogP contribution in [0.25, 0.3) is 27.8 Å². The first-order chi connectivity index (χ1) is 12.7. The molecule has 0 aromatic carbocycles. The molecule has 1 aliphatic rings. The summed E-state index contributed by atoms with van der Waals surface area (Å²) in [5, 5.41) is 13.9. The van der Waals surface area contributed by atoms with Gasteiger partial charge < -0.3 is 14.4 Å². The highest BCUT2D eigenvalue weighted by atomic mass is 16.5. The third-order valence-electron chi connectivity index (χ3n) is 5.10. The molecular weight excluding hydrogens is 332 g/mol. The van der Waals surface area contributed by atoms with Gasteiger partial charge in [-0.15, -0.1) is 0 Å². The molecule has 0 atom stereocenters. The van der Waals surface area contributed by atoms with Gasteiger partial charge in [-0.3, -0.25) is 0 Å². The van der Waals surface area contributed by atoms with E-state index in [4.69, 9.17) is 4.74 Å². The zero-order valence-corrected chi connectivity index (χ0v) is 14.5. The summed E-state index contributed by atoms with van der Waals surface area (Å²) in [6, 6.07) is 4.35. The van der Waals surface area contributed by atoms with E-state index in [1.807, 2.05) is 25.4 Å². The maximum Gasteiger partial charge on any atom is 0.241 e. The lowest BCUT2D eigenvalue weighted by Crippen LogP contribution is -2.31. The van der Waals surface area contributed by atoms with Gasteiger partial charge in [-0.05, 0) is 31.9 Å². The van der Waals surface area contributed by atoms with Gasteiger partial charge in [0.2, 0.25) is 5.88 Å². The first kappa shape index (κ1) is 15.3. The highest BCUT2D eigenvalue weighted by molar-refractivity contribution is 5.87. The van der Waals surface area contributed by atoms with Crippen molar-refractivity contribution in [2.75, 3.05) is 7.11 Å². The van der Waals surface area contributed by atoms with Gasteiger partial charge in [0.15, 0.2) is 5.65 Å². The summed E-state index contributed by atoms with van der Waals surface area (Å²) in [6.45, 7) is 1.98. The van der Waals surface area contributed by atoms with Crippen molar-refractivity contribution in [3.8, 4) is 17.0 Å². The predicted molar refractivity (Wildman–Crippen MR) is 95.1 cm³/mol. The Hall–Kier alpha value is -3.00. The fraction of sp³-hybridized carbons (Fsp3) is 0.333. The molecule has 1 N–H and O–H groups in total. The van der Waals surface area contributed by atoms with Crippen molar-refractivity contribution >= 4 is 16.7 Å². The Morgan fingerprint density at radius 1 is 1.27 bits per heavy atom. The standard InChI is InChI=1S/C18H18N6O2/c1-10-22-17-15(24(10)12-6-13(25)7-12)5-11(8-19-17)14-3-4-23-16(14)18(26-2)20-9-21-23/h3-5,8-9,12-13,25H,6-7H2,1-2H3. The quantitative estimate of drug-likeness (QED) is 0.609. The highest BCUT2D eigenvalue weighted by Gasteiger charge is 2.31. The summed E-state index contributed by atoms with van der Waals surface area (Å²) >= 11 is 0. The van der Waals surface area contributed by atoms with Crippen LogP contribution in [0, 0.1) is 6.92 Å². The van der Waals surface area contributed by atoms with Crippen molar-refractivity contribution in [2.24, 2.45) is 0 Å². The number of nitrogens with zero attached hydrogens (tertiary/aromatic N) is 6. The number of rotatable bonds is 3. The number of aliphatic hydroxyl groups is 1. The van der Waals surface area contributed by atoms with Crippen molar-refractivity contribution in [3.05, 3.63) is 36.7 Å². The minimum atomic E-state index is -0.218. The Labute approximate surface area is 149 Å². The van der Waals surface area contributed by atoms with E-state index in [9.17, 15) is 5.11 Å². The Morgan fingerprint density at radius 2 is 2.12 bits per heavy atom. The summed E-state index contributed by atoms with van der Waals surface area (Å²) in [5.74, 6) is 1.44. The van der Waals surface area contributed by atoms with Crippen LogP contribution in [0.1, 0.15) is 24.7 Å². The molecule has 0 unspecified atom stereocenters. The van der Waals surface area contributed by atoms with Gasteiger partial charge in [-0.1, -0.05) is 0 Å². The number of ether oxygens (including phenoxy) is 1. The Morgan fingerprint density at radius 3 is 2.88 bits per heavy atom. The molecule has 26 heavy (non-hydrogen) atoms. The van der Waals surface area contributed by atoms with E-state index in [-0.39, 0.29) is 12.1 Å². The van der Waals surface area contributed by atoms with E-state index in [2.05, 4.69) is 30.7 Å². The Bertz CT molecular complexity index is 1130. The Kier molecular flexibility index (Phi) is 3.23. The van der Waals surface area contributed by atoms with Gasteiger partial charge in [0.25, 0.3) is 0 Å². The zero-order chi connectivity index (χ0) is 17.8. The number of aryl methyl sites for hydroxylation is 1. The molecule has 5 rings (SSSR count). The topological polar surface area (TPSA) is 90.4 Å². The number of hydrogen-bond acceptors (Lipinski definition) is 6. The van der Waals surface area contributed by atoms with Gasteiger partial charge in [-0.2, -0.15) is 10.1 Å². The maximum absolute atomic E-state index is 9.68. The zero-order valence-electron chi connectivity index (χ0n) is 14.5. The minimum absolute atomic E-state index is 0.218. The van der Waals surface area contributed by atoms with Gasteiger partial charge in [-0.25, -0.2) is 14.5 Å². The average molecular weight is 350 g/mol.